The minimum absolute atomic E-state index is 0.0220. The second-order valence-corrected chi connectivity index (χ2v) is 5.07. The Morgan fingerprint density at radius 1 is 1.55 bits per heavy atom. The number of nitro benzene ring substituents is 1. The highest BCUT2D eigenvalue weighted by Gasteiger charge is 2.24. The first kappa shape index (κ1) is 14.5. The number of rotatable bonds is 4. The third kappa shape index (κ3) is 3.14. The Labute approximate surface area is 117 Å². The fraction of sp³-hybridized carbons (Fsp3) is 0.500. The molecule has 1 fully saturated rings. The number of ether oxygens (including phenoxy) is 1. The number of nitro groups is 1. The fourth-order valence-electron chi connectivity index (χ4n) is 2.38. The average molecular weight is 278 g/mol. The molecule has 0 spiro atoms. The van der Waals surface area contributed by atoms with Gasteiger partial charge in [-0.1, -0.05) is 0 Å². The smallest absolute Gasteiger partial charge is 0.272 e. The zero-order valence-corrected chi connectivity index (χ0v) is 11.6. The summed E-state index contributed by atoms with van der Waals surface area (Å²) in [4.78, 5) is 22.4. The summed E-state index contributed by atoms with van der Waals surface area (Å²) < 4.78 is 5.52. The number of nitrogens with one attached hydrogen (secondary N) is 1. The zero-order chi connectivity index (χ0) is 14.7. The molecule has 0 bridgehead atoms. The van der Waals surface area contributed by atoms with E-state index < -0.39 is 4.92 Å². The van der Waals surface area contributed by atoms with Crippen LogP contribution in [0.1, 0.15) is 35.7 Å². The molecule has 1 N–H and O–H groups in total. The molecule has 1 aliphatic heterocycles. The molecule has 108 valence electrons. The lowest BCUT2D eigenvalue weighted by atomic mass is 10.1. The van der Waals surface area contributed by atoms with E-state index in [0.717, 1.165) is 19.4 Å². The van der Waals surface area contributed by atoms with E-state index in [0.29, 0.717) is 11.1 Å². The predicted molar refractivity (Wildman–Crippen MR) is 73.7 cm³/mol. The molecule has 1 aliphatic rings. The molecule has 6 heteroatoms. The van der Waals surface area contributed by atoms with Crippen LogP contribution >= 0.6 is 0 Å². The molecule has 0 radical (unpaired) electrons. The van der Waals surface area contributed by atoms with Crippen molar-refractivity contribution in [3.05, 3.63) is 39.4 Å². The molecular weight excluding hydrogens is 260 g/mol. The SMILES string of the molecule is Cc1cc(C(=O)N[C@H](C)[C@H]2CCCO2)ccc1[N+](=O)[O-]. The van der Waals surface area contributed by atoms with Gasteiger partial charge in [-0.15, -0.1) is 0 Å². The molecule has 20 heavy (non-hydrogen) atoms. The maximum absolute atomic E-state index is 12.1. The number of hydrogen-bond donors (Lipinski definition) is 1. The van der Waals surface area contributed by atoms with Crippen LogP contribution in [0.2, 0.25) is 0 Å². The first-order valence-electron chi connectivity index (χ1n) is 6.66. The molecule has 1 aromatic carbocycles. The van der Waals surface area contributed by atoms with Gasteiger partial charge in [0.15, 0.2) is 0 Å². The Balaban J connectivity index is 2.05. The van der Waals surface area contributed by atoms with E-state index in [1.54, 1.807) is 6.92 Å². The number of benzene rings is 1. The number of hydrogen-bond acceptors (Lipinski definition) is 4. The van der Waals surface area contributed by atoms with Gasteiger partial charge in [-0.2, -0.15) is 0 Å². The Hall–Kier alpha value is -1.95. The molecule has 1 amide bonds. The van der Waals surface area contributed by atoms with Crippen LogP contribution in [0, 0.1) is 17.0 Å². The number of carbonyl (C=O) groups is 1. The predicted octanol–water partition coefficient (Wildman–Crippen LogP) is 2.20. The summed E-state index contributed by atoms with van der Waals surface area (Å²) >= 11 is 0. The quantitative estimate of drug-likeness (QED) is 0.676. The molecule has 6 nitrogen and oxygen atoms in total. The van der Waals surface area contributed by atoms with Gasteiger partial charge in [-0.3, -0.25) is 14.9 Å². The highest BCUT2D eigenvalue weighted by Crippen LogP contribution is 2.19. The lowest BCUT2D eigenvalue weighted by molar-refractivity contribution is -0.385. The number of aryl methyl sites for hydroxylation is 1. The van der Waals surface area contributed by atoms with E-state index in [4.69, 9.17) is 4.74 Å². The van der Waals surface area contributed by atoms with Crippen molar-refractivity contribution in [1.82, 2.24) is 5.32 Å². The number of amides is 1. The van der Waals surface area contributed by atoms with Crippen molar-refractivity contribution in [2.45, 2.75) is 38.8 Å². The van der Waals surface area contributed by atoms with Crippen LogP contribution < -0.4 is 5.32 Å². The Bertz CT molecular complexity index is 524. The van der Waals surface area contributed by atoms with Crippen LogP contribution in [0.25, 0.3) is 0 Å². The second-order valence-electron chi connectivity index (χ2n) is 5.07. The van der Waals surface area contributed by atoms with Crippen LogP contribution in [0.3, 0.4) is 0 Å². The van der Waals surface area contributed by atoms with Crippen molar-refractivity contribution in [3.63, 3.8) is 0 Å². The molecule has 2 rings (SSSR count). The van der Waals surface area contributed by atoms with Crippen LogP contribution in [0.15, 0.2) is 18.2 Å². The van der Waals surface area contributed by atoms with Crippen LogP contribution in [0.4, 0.5) is 5.69 Å². The summed E-state index contributed by atoms with van der Waals surface area (Å²) in [5, 5.41) is 13.6. The Kier molecular flexibility index (Phi) is 4.34. The number of carbonyl (C=O) groups excluding carboxylic acids is 1. The van der Waals surface area contributed by atoms with Gasteiger partial charge in [0.2, 0.25) is 0 Å². The molecular formula is C14H18N2O4. The van der Waals surface area contributed by atoms with Crippen LogP contribution in [-0.4, -0.2) is 29.6 Å². The van der Waals surface area contributed by atoms with Crippen molar-refractivity contribution in [3.8, 4) is 0 Å². The summed E-state index contributed by atoms with van der Waals surface area (Å²) in [6.07, 6.45) is 2.01. The molecule has 0 aliphatic carbocycles. The van der Waals surface area contributed by atoms with Gasteiger partial charge in [-0.05, 0) is 38.8 Å². The van der Waals surface area contributed by atoms with Gasteiger partial charge in [0.25, 0.3) is 11.6 Å². The highest BCUT2D eigenvalue weighted by molar-refractivity contribution is 5.94. The molecule has 0 unspecified atom stereocenters. The second kappa shape index (κ2) is 6.00. The Morgan fingerprint density at radius 3 is 2.85 bits per heavy atom. The topological polar surface area (TPSA) is 81.5 Å². The average Bonchev–Trinajstić information content (AvgIpc) is 2.91. The largest absolute Gasteiger partial charge is 0.376 e. The summed E-state index contributed by atoms with van der Waals surface area (Å²) in [5.41, 5.74) is 0.930. The number of nitrogens with zero attached hydrogens (tertiary/aromatic N) is 1. The maximum Gasteiger partial charge on any atom is 0.272 e. The van der Waals surface area contributed by atoms with Crippen LogP contribution in [0.5, 0.6) is 0 Å². The minimum atomic E-state index is -0.452. The molecule has 2 atom stereocenters. The summed E-state index contributed by atoms with van der Waals surface area (Å²) in [6.45, 7) is 4.27. The van der Waals surface area contributed by atoms with E-state index in [1.807, 2.05) is 6.92 Å². The third-order valence-corrected chi connectivity index (χ3v) is 3.54. The van der Waals surface area contributed by atoms with E-state index in [1.165, 1.54) is 18.2 Å². The lowest BCUT2D eigenvalue weighted by Crippen LogP contribution is -2.40. The lowest BCUT2D eigenvalue weighted by Gasteiger charge is -2.20. The summed E-state index contributed by atoms with van der Waals surface area (Å²) in [7, 11) is 0. The minimum Gasteiger partial charge on any atom is -0.376 e. The van der Waals surface area contributed by atoms with Crippen molar-refractivity contribution >= 4 is 11.6 Å². The van der Waals surface area contributed by atoms with Gasteiger partial charge in [0.1, 0.15) is 0 Å². The van der Waals surface area contributed by atoms with Gasteiger partial charge in [-0.25, -0.2) is 0 Å². The molecule has 1 heterocycles. The van der Waals surface area contributed by atoms with Gasteiger partial charge < -0.3 is 10.1 Å². The van der Waals surface area contributed by atoms with Crippen molar-refractivity contribution < 1.29 is 14.5 Å². The van der Waals surface area contributed by atoms with Crippen molar-refractivity contribution in [2.75, 3.05) is 6.61 Å². The third-order valence-electron chi connectivity index (χ3n) is 3.54. The van der Waals surface area contributed by atoms with E-state index in [9.17, 15) is 14.9 Å². The summed E-state index contributed by atoms with van der Waals surface area (Å²) in [5.74, 6) is -0.231. The monoisotopic (exact) mass is 278 g/mol. The normalized spacial score (nSPS) is 19.6. The highest BCUT2D eigenvalue weighted by atomic mass is 16.6. The van der Waals surface area contributed by atoms with Gasteiger partial charge in [0, 0.05) is 23.8 Å². The Morgan fingerprint density at radius 2 is 2.30 bits per heavy atom. The molecule has 0 aromatic heterocycles. The fourth-order valence-corrected chi connectivity index (χ4v) is 2.38. The van der Waals surface area contributed by atoms with E-state index in [2.05, 4.69) is 5.32 Å². The van der Waals surface area contributed by atoms with Crippen molar-refractivity contribution in [1.29, 1.82) is 0 Å². The standard InChI is InChI=1S/C14H18N2O4/c1-9-8-11(5-6-12(9)16(18)19)14(17)15-10(2)13-4-3-7-20-13/h5-6,8,10,13H,3-4,7H2,1-2H3,(H,15,17)/t10-,13-/m1/s1. The van der Waals surface area contributed by atoms with Gasteiger partial charge >= 0.3 is 0 Å². The molecule has 0 saturated carbocycles. The van der Waals surface area contributed by atoms with Crippen LogP contribution in [-0.2, 0) is 4.74 Å². The van der Waals surface area contributed by atoms with E-state index in [-0.39, 0.29) is 23.7 Å². The molecule has 1 aromatic rings. The van der Waals surface area contributed by atoms with Gasteiger partial charge in [0.05, 0.1) is 17.1 Å². The maximum atomic E-state index is 12.1. The first-order valence-corrected chi connectivity index (χ1v) is 6.66. The first-order chi connectivity index (χ1) is 9.49. The van der Waals surface area contributed by atoms with Crippen molar-refractivity contribution in [2.24, 2.45) is 0 Å². The molecule has 1 saturated heterocycles. The zero-order valence-electron chi connectivity index (χ0n) is 11.6. The van der Waals surface area contributed by atoms with E-state index >= 15 is 0 Å². The summed E-state index contributed by atoms with van der Waals surface area (Å²) in [6, 6.07) is 4.31.